The molecule has 0 aromatic carbocycles. The second-order valence-electron chi connectivity index (χ2n) is 2.44. The molecule has 0 saturated heterocycles. The molecule has 0 saturated carbocycles. The highest BCUT2D eigenvalue weighted by Gasteiger charge is 2.10. The van der Waals surface area contributed by atoms with Crippen molar-refractivity contribution in [2.24, 2.45) is 4.99 Å². The number of aliphatic imine (C=N–C) groups is 1. The van der Waals surface area contributed by atoms with Gasteiger partial charge in [-0.05, 0) is 13.8 Å². The second-order valence-corrected chi connectivity index (χ2v) is 2.44. The van der Waals surface area contributed by atoms with Crippen LogP contribution in [0.1, 0.15) is 13.8 Å². The van der Waals surface area contributed by atoms with E-state index >= 15 is 0 Å². The third kappa shape index (κ3) is 1.90. The van der Waals surface area contributed by atoms with Crippen LogP contribution < -0.4 is 5.32 Å². The summed E-state index contributed by atoms with van der Waals surface area (Å²) in [6.07, 6.45) is 1.52. The molecule has 0 unspecified atom stereocenters. The minimum absolute atomic E-state index is 0.0515. The van der Waals surface area contributed by atoms with Crippen molar-refractivity contribution in [3.63, 3.8) is 0 Å². The molecule has 2 N–H and O–H groups in total. The predicted octanol–water partition coefficient (Wildman–Crippen LogP) is 0.849. The zero-order valence-electron chi connectivity index (χ0n) is 7.41. The Hall–Kier alpha value is -1.19. The third-order valence-corrected chi connectivity index (χ3v) is 1.73. The molecule has 0 aliphatic carbocycles. The minimum Gasteiger partial charge on any atom is -0.493 e. The molecule has 0 aromatic heterocycles. The Morgan fingerprint density at radius 3 is 2.67 bits per heavy atom. The van der Waals surface area contributed by atoms with Crippen LogP contribution in [0.2, 0.25) is 0 Å². The van der Waals surface area contributed by atoms with E-state index in [1.807, 2.05) is 18.7 Å². The van der Waals surface area contributed by atoms with E-state index in [2.05, 4.69) is 10.3 Å². The fraction of sp³-hybridized carbons (Fsp3) is 0.500. The molecule has 1 aliphatic rings. The molecule has 0 atom stereocenters. The number of guanidine groups is 1. The summed E-state index contributed by atoms with van der Waals surface area (Å²) in [4.78, 5) is 5.97. The standard InChI is InChI=1S/C8H14N3O/c1-3-11(4-2)8-9-6-5-7(12)10-8/h5-6,12H,3-4H2,1-2H3,(H,9,10). The first-order valence-corrected chi connectivity index (χ1v) is 4.10. The van der Waals surface area contributed by atoms with Crippen LogP contribution >= 0.6 is 0 Å². The molecule has 4 heteroatoms. The van der Waals surface area contributed by atoms with Crippen LogP contribution in [0.25, 0.3) is 0 Å². The van der Waals surface area contributed by atoms with E-state index in [-0.39, 0.29) is 5.88 Å². The number of nitrogens with one attached hydrogen (secondary N) is 1. The van der Waals surface area contributed by atoms with Gasteiger partial charge in [-0.2, -0.15) is 4.99 Å². The fourth-order valence-corrected chi connectivity index (χ4v) is 1.05. The van der Waals surface area contributed by atoms with Crippen LogP contribution in [0.3, 0.4) is 0 Å². The summed E-state index contributed by atoms with van der Waals surface area (Å²) in [6, 6.07) is 0. The molecular weight excluding hydrogens is 154 g/mol. The molecule has 12 heavy (non-hydrogen) atoms. The van der Waals surface area contributed by atoms with Gasteiger partial charge in [0.1, 0.15) is 0 Å². The van der Waals surface area contributed by atoms with Crippen molar-refractivity contribution < 1.29 is 5.11 Å². The van der Waals surface area contributed by atoms with Crippen molar-refractivity contribution in [2.75, 3.05) is 13.1 Å². The molecule has 0 fully saturated rings. The van der Waals surface area contributed by atoms with Gasteiger partial charge in [-0.25, -0.2) is 0 Å². The highest BCUT2D eigenvalue weighted by Crippen LogP contribution is 2.01. The lowest BCUT2D eigenvalue weighted by Gasteiger charge is -2.24. The molecule has 0 bridgehead atoms. The molecule has 0 amide bonds. The largest absolute Gasteiger partial charge is 0.493 e. The summed E-state index contributed by atoms with van der Waals surface area (Å²) in [6.45, 7) is 7.52. The van der Waals surface area contributed by atoms with Crippen LogP contribution in [-0.4, -0.2) is 29.1 Å². The van der Waals surface area contributed by atoms with Crippen LogP contribution in [0, 0.1) is 6.54 Å². The zero-order valence-corrected chi connectivity index (χ0v) is 7.41. The molecule has 67 valence electrons. The van der Waals surface area contributed by atoms with Gasteiger partial charge in [0.25, 0.3) is 0 Å². The first-order chi connectivity index (χ1) is 5.77. The first-order valence-electron chi connectivity index (χ1n) is 4.10. The number of hydrogen-bond acceptors (Lipinski definition) is 4. The average molecular weight is 168 g/mol. The number of aliphatic hydroxyl groups excluding tert-OH is 1. The van der Waals surface area contributed by atoms with E-state index in [9.17, 15) is 0 Å². The summed E-state index contributed by atoms with van der Waals surface area (Å²) in [5.74, 6) is 0.760. The fourth-order valence-electron chi connectivity index (χ4n) is 1.05. The normalized spacial score (nSPS) is 16.2. The zero-order chi connectivity index (χ0) is 8.97. The van der Waals surface area contributed by atoms with Crippen molar-refractivity contribution in [1.29, 1.82) is 0 Å². The number of nitrogens with zero attached hydrogens (tertiary/aromatic N) is 2. The monoisotopic (exact) mass is 168 g/mol. The van der Waals surface area contributed by atoms with E-state index in [0.717, 1.165) is 13.1 Å². The highest BCUT2D eigenvalue weighted by molar-refractivity contribution is 5.82. The van der Waals surface area contributed by atoms with Crippen molar-refractivity contribution in [1.82, 2.24) is 10.2 Å². The van der Waals surface area contributed by atoms with Crippen LogP contribution in [0.15, 0.2) is 17.0 Å². The first kappa shape index (κ1) is 8.90. The smallest absolute Gasteiger partial charge is 0.212 e. The summed E-state index contributed by atoms with van der Waals surface area (Å²) in [5.41, 5.74) is 0. The summed E-state index contributed by atoms with van der Waals surface area (Å²) >= 11 is 0. The van der Waals surface area contributed by atoms with Crippen LogP contribution in [-0.2, 0) is 0 Å². The minimum atomic E-state index is 0.0515. The Morgan fingerprint density at radius 2 is 2.17 bits per heavy atom. The van der Waals surface area contributed by atoms with Crippen molar-refractivity contribution in [3.05, 3.63) is 18.5 Å². The van der Waals surface area contributed by atoms with Crippen molar-refractivity contribution in [2.45, 2.75) is 13.8 Å². The molecule has 4 nitrogen and oxygen atoms in total. The Balaban J connectivity index is 2.66. The summed E-state index contributed by atoms with van der Waals surface area (Å²) in [5, 5.41) is 12.1. The van der Waals surface area contributed by atoms with E-state index in [1.54, 1.807) is 6.54 Å². The number of hydrogen-bond donors (Lipinski definition) is 2. The van der Waals surface area contributed by atoms with E-state index in [0.29, 0.717) is 5.96 Å². The molecule has 1 aliphatic heterocycles. The van der Waals surface area contributed by atoms with Gasteiger partial charge >= 0.3 is 0 Å². The number of rotatable bonds is 2. The molecule has 1 radical (unpaired) electrons. The SMILES string of the molecule is CCN(CC)C1=NC(O)=C[CH]N1. The summed E-state index contributed by atoms with van der Waals surface area (Å²) < 4.78 is 0. The Bertz CT molecular complexity index is 206. The maximum absolute atomic E-state index is 9.10. The predicted molar refractivity (Wildman–Crippen MR) is 48.5 cm³/mol. The van der Waals surface area contributed by atoms with Gasteiger partial charge in [0.2, 0.25) is 11.8 Å². The lowest BCUT2D eigenvalue weighted by atomic mass is 10.4. The highest BCUT2D eigenvalue weighted by atomic mass is 16.3. The Kier molecular flexibility index (Phi) is 2.96. The van der Waals surface area contributed by atoms with Gasteiger partial charge in [-0.15, -0.1) is 0 Å². The summed E-state index contributed by atoms with van der Waals surface area (Å²) in [7, 11) is 0. The lowest BCUT2D eigenvalue weighted by molar-refractivity contribution is 0.389. The van der Waals surface area contributed by atoms with Crippen molar-refractivity contribution >= 4 is 5.96 Å². The van der Waals surface area contributed by atoms with Gasteiger partial charge in [0, 0.05) is 19.2 Å². The maximum atomic E-state index is 9.10. The van der Waals surface area contributed by atoms with Gasteiger partial charge in [-0.1, -0.05) is 0 Å². The molecule has 0 spiro atoms. The van der Waals surface area contributed by atoms with E-state index in [1.165, 1.54) is 6.08 Å². The van der Waals surface area contributed by atoms with Crippen molar-refractivity contribution in [3.8, 4) is 0 Å². The quantitative estimate of drug-likeness (QED) is 0.642. The number of aliphatic hydroxyl groups is 1. The molecular formula is C8H14N3O. The van der Waals surface area contributed by atoms with Gasteiger partial charge in [-0.3, -0.25) is 0 Å². The van der Waals surface area contributed by atoms with Gasteiger partial charge < -0.3 is 15.3 Å². The van der Waals surface area contributed by atoms with Gasteiger partial charge in [0.15, 0.2) is 0 Å². The van der Waals surface area contributed by atoms with Crippen LogP contribution in [0.4, 0.5) is 0 Å². The Morgan fingerprint density at radius 1 is 1.50 bits per heavy atom. The van der Waals surface area contributed by atoms with E-state index < -0.39 is 0 Å². The third-order valence-electron chi connectivity index (χ3n) is 1.73. The Labute approximate surface area is 72.6 Å². The van der Waals surface area contributed by atoms with E-state index in [4.69, 9.17) is 5.11 Å². The second kappa shape index (κ2) is 3.99. The molecule has 1 rings (SSSR count). The average Bonchev–Trinajstić information content (AvgIpc) is 2.07. The topological polar surface area (TPSA) is 47.9 Å². The van der Waals surface area contributed by atoms with Gasteiger partial charge in [0.05, 0.1) is 6.54 Å². The molecule has 0 aromatic rings. The lowest BCUT2D eigenvalue weighted by Crippen LogP contribution is -2.41. The maximum Gasteiger partial charge on any atom is 0.212 e. The van der Waals surface area contributed by atoms with Crippen LogP contribution in [0.5, 0.6) is 0 Å². The molecule has 1 heterocycles.